The Morgan fingerprint density at radius 3 is 0.500 bits per heavy atom. The molecule has 0 heterocycles. The lowest BCUT2D eigenvalue weighted by Crippen LogP contribution is -3.00. The molecule has 3 aromatic rings. The number of rotatable bonds is 3. The lowest BCUT2D eigenvalue weighted by atomic mass is 10.4. The third-order valence-corrected chi connectivity index (χ3v) is 6.25. The van der Waals surface area contributed by atoms with Crippen LogP contribution in [0.4, 0.5) is 46.6 Å². The first-order valence-electron chi connectivity index (χ1n) is 8.20. The van der Waals surface area contributed by atoms with Gasteiger partial charge < -0.3 is 14.1 Å². The van der Waals surface area contributed by atoms with Crippen molar-refractivity contribution in [3.8, 4) is 0 Å². The third-order valence-electron chi connectivity index (χ3n) is 3.30. The molecule has 0 saturated heterocycles. The minimum Gasteiger partial charge on any atom is -1.00 e. The van der Waals surface area contributed by atoms with Crippen LogP contribution < -0.4 is 14.1 Å². The van der Waals surface area contributed by atoms with Gasteiger partial charge in [0.1, 0.15) is 0 Å². The molecule has 0 radical (unpaired) electrons. The maximum absolute atomic E-state index is 11.9. The third kappa shape index (κ3) is 14.3. The fourth-order valence-electron chi connectivity index (χ4n) is 1.88. The summed E-state index contributed by atoms with van der Waals surface area (Å²) in [6.07, 6.45) is 0. The summed E-state index contributed by atoms with van der Waals surface area (Å²) in [5.41, 5.74) is 0. The maximum atomic E-state index is 11.9. The van der Waals surface area contributed by atoms with Gasteiger partial charge in [-0.25, -0.2) is 0 Å². The van der Waals surface area contributed by atoms with Crippen molar-refractivity contribution in [1.82, 2.24) is 0 Å². The fraction of sp³-hybridized carbons (Fsp3) is 0. The van der Waals surface area contributed by atoms with Crippen molar-refractivity contribution in [2.75, 3.05) is 0 Å². The van der Waals surface area contributed by atoms with Gasteiger partial charge in [-0.05, 0) is 36.4 Å². The first-order valence-corrected chi connectivity index (χ1v) is 13.1. The second-order valence-electron chi connectivity index (χ2n) is 5.91. The molecule has 18 heteroatoms. The molecular weight excluding hydrogens is 597 g/mol. The predicted molar refractivity (Wildman–Crippen MR) is 110 cm³/mol. The molecule has 0 aliphatic carbocycles. The minimum absolute atomic E-state index is 0. The van der Waals surface area contributed by atoms with E-state index >= 15 is 0 Å². The van der Waals surface area contributed by atoms with Gasteiger partial charge in [-0.2, -0.15) is 0 Å². The smallest absolute Gasteiger partial charge is 0.442 e. The summed E-state index contributed by atoms with van der Waals surface area (Å²) in [6.45, 7) is 0. The molecule has 0 bridgehead atoms. The summed E-state index contributed by atoms with van der Waals surface area (Å²) in [4.78, 5) is -3.53. The Hall–Kier alpha value is -2.34. The number of halogens is 15. The molecule has 36 heavy (non-hydrogen) atoms. The van der Waals surface area contributed by atoms with Gasteiger partial charge in [-0.1, -0.05) is 54.6 Å². The maximum Gasteiger partial charge on any atom is 0.442 e. The van der Waals surface area contributed by atoms with Gasteiger partial charge in [0.2, 0.25) is 14.7 Å². The molecule has 0 amide bonds. The molecule has 0 fully saturated rings. The molecule has 0 aliphatic heterocycles. The molecule has 3 aromatic carbocycles. The van der Waals surface area contributed by atoms with Crippen LogP contribution in [0.5, 0.6) is 0 Å². The highest BCUT2D eigenvalue weighted by molar-refractivity contribution is 8.14. The molecule has 0 N–H and O–H groups in total. The highest BCUT2D eigenvalue weighted by Crippen LogP contribution is 2.53. The summed E-state index contributed by atoms with van der Waals surface area (Å²) in [7, 11) is -21.8. The van der Waals surface area contributed by atoms with Crippen LogP contribution in [0.25, 0.3) is 0 Å². The van der Waals surface area contributed by atoms with Crippen LogP contribution in [0, 0.1) is 0 Å². The van der Waals surface area contributed by atoms with E-state index in [1.807, 2.05) is 0 Å². The van der Waals surface area contributed by atoms with E-state index in [2.05, 4.69) is 0 Å². The Labute approximate surface area is 198 Å². The Morgan fingerprint density at radius 2 is 0.417 bits per heavy atom. The molecule has 0 nitrogen and oxygen atoms in total. The Kier molecular flexibility index (Phi) is 13.0. The zero-order valence-corrected chi connectivity index (χ0v) is 19.5. The fourth-order valence-corrected chi connectivity index (χ4v) is 3.58. The minimum atomic E-state index is -7.26. The topological polar surface area (TPSA) is 0 Å². The van der Waals surface area contributed by atoms with Crippen LogP contribution in [0.2, 0.25) is 0 Å². The van der Waals surface area contributed by atoms with E-state index in [4.69, 9.17) is 0 Å². The van der Waals surface area contributed by atoms with Crippen LogP contribution in [0.3, 0.4) is 0 Å². The van der Waals surface area contributed by atoms with Crippen molar-refractivity contribution in [3.05, 3.63) is 91.0 Å². The second-order valence-corrected chi connectivity index (χ2v) is 11.3. The van der Waals surface area contributed by atoms with Crippen LogP contribution in [0.1, 0.15) is 0 Å². The normalized spacial score (nSPS) is 14.2. The summed E-state index contributed by atoms with van der Waals surface area (Å²) in [5, 5.41) is 0. The Morgan fingerprint density at radius 1 is 0.278 bits per heavy atom. The molecule has 0 spiro atoms. The zero-order valence-electron chi connectivity index (χ0n) is 17.1. The van der Waals surface area contributed by atoms with Crippen LogP contribution in [-0.4, -0.2) is 0 Å². The molecule has 0 unspecified atom stereocenters. The van der Waals surface area contributed by atoms with E-state index < -0.39 is 46.8 Å². The predicted octanol–water partition coefficient (Wildman–Crippen LogP) is 0.832. The Bertz CT molecular complexity index is 864. The SMILES string of the molecule is F[S+](F)(F)(F)c1ccccc1.F[S+](F)(F)(F)c1ccccc1.F[S+](F)(F)(F)c1ccccc1.[F-].[F-].[F-]. The van der Waals surface area contributed by atoms with E-state index in [0.29, 0.717) is 0 Å². The largest absolute Gasteiger partial charge is 1.00 e. The zero-order chi connectivity index (χ0) is 25.7. The van der Waals surface area contributed by atoms with Crippen LogP contribution >= 0.6 is 0 Å². The molecule has 210 valence electrons. The monoisotopic (exact) mass is 612 g/mol. The van der Waals surface area contributed by atoms with E-state index in [9.17, 15) is 46.6 Å². The summed E-state index contributed by atoms with van der Waals surface area (Å²) in [6, 6.07) is 15.5. The lowest BCUT2D eigenvalue weighted by molar-refractivity contribution is -0.00100. The van der Waals surface area contributed by atoms with Gasteiger partial charge in [0.15, 0.2) is 0 Å². The van der Waals surface area contributed by atoms with Crippen LogP contribution in [-0.2, 0) is 32.1 Å². The van der Waals surface area contributed by atoms with Gasteiger partial charge in [0.25, 0.3) is 0 Å². The average molecular weight is 612 g/mol. The average Bonchev–Trinajstić information content (AvgIpc) is 2.68. The first kappa shape index (κ1) is 38.2. The highest BCUT2D eigenvalue weighted by Gasteiger charge is 2.60. The van der Waals surface area contributed by atoms with Crippen molar-refractivity contribution >= 4 is 32.1 Å². The molecular formula is C18H15F15S3. The molecule has 0 atom stereocenters. The quantitative estimate of drug-likeness (QED) is 0.304. The Balaban J connectivity index is -0.000000436. The van der Waals surface area contributed by atoms with Gasteiger partial charge in [-0.3, -0.25) is 0 Å². The first-order chi connectivity index (χ1) is 14.6. The van der Waals surface area contributed by atoms with E-state index in [0.717, 1.165) is 72.8 Å². The highest BCUT2D eigenvalue weighted by atomic mass is 32.4. The standard InChI is InChI=1S/3C6H5F4S.3FH/c3*7-11(8,9,10)6-4-2-1-3-5-6;;;/h3*1-5H;3*1H/q3*+1;;;/p-3. The molecule has 0 aromatic heterocycles. The molecule has 3 rings (SSSR count). The molecule has 0 aliphatic rings. The summed E-state index contributed by atoms with van der Waals surface area (Å²) >= 11 is 0. The van der Waals surface area contributed by atoms with Crippen molar-refractivity contribution < 1.29 is 60.7 Å². The van der Waals surface area contributed by atoms with E-state index in [-0.39, 0.29) is 14.1 Å². The lowest BCUT2D eigenvalue weighted by Gasteiger charge is -2.09. The van der Waals surface area contributed by atoms with Crippen LogP contribution in [0.15, 0.2) is 106 Å². The number of hydrogen-bond donors (Lipinski definition) is 0. The second kappa shape index (κ2) is 12.3. The van der Waals surface area contributed by atoms with Gasteiger partial charge in [0, 0.05) is 46.6 Å². The molecule has 0 saturated carbocycles. The summed E-state index contributed by atoms with van der Waals surface area (Å²) in [5.74, 6) is 0. The van der Waals surface area contributed by atoms with Crippen molar-refractivity contribution in [2.45, 2.75) is 14.7 Å². The number of benzene rings is 3. The van der Waals surface area contributed by atoms with Gasteiger partial charge in [-0.15, -0.1) is 0 Å². The van der Waals surface area contributed by atoms with Crippen molar-refractivity contribution in [3.63, 3.8) is 0 Å². The van der Waals surface area contributed by atoms with Gasteiger partial charge >= 0.3 is 32.1 Å². The van der Waals surface area contributed by atoms with Crippen molar-refractivity contribution in [2.24, 2.45) is 0 Å². The van der Waals surface area contributed by atoms with Crippen molar-refractivity contribution in [1.29, 1.82) is 0 Å². The van der Waals surface area contributed by atoms with Gasteiger partial charge in [0.05, 0.1) is 0 Å². The van der Waals surface area contributed by atoms with E-state index in [1.54, 1.807) is 0 Å². The van der Waals surface area contributed by atoms with E-state index in [1.165, 1.54) is 18.2 Å². The number of hydrogen-bond acceptors (Lipinski definition) is 0. The summed E-state index contributed by atoms with van der Waals surface area (Å²) < 4.78 is 143.